The highest BCUT2D eigenvalue weighted by molar-refractivity contribution is 5.59. The summed E-state index contributed by atoms with van der Waals surface area (Å²) < 4.78 is 1.78. The monoisotopic (exact) mass is 397 g/mol. The largest absolute Gasteiger partial charge is 0.354 e. The minimum Gasteiger partial charge on any atom is -0.354 e. The van der Waals surface area contributed by atoms with E-state index in [9.17, 15) is 5.26 Å². The van der Waals surface area contributed by atoms with Crippen molar-refractivity contribution in [2.45, 2.75) is 6.42 Å². The van der Waals surface area contributed by atoms with Gasteiger partial charge in [0, 0.05) is 50.3 Å². The van der Waals surface area contributed by atoms with Crippen LogP contribution in [0.5, 0.6) is 0 Å². The molecule has 1 aliphatic rings. The van der Waals surface area contributed by atoms with Crippen LogP contribution in [-0.2, 0) is 0 Å². The first-order chi connectivity index (χ1) is 14.8. The molecule has 1 fully saturated rings. The lowest BCUT2D eigenvalue weighted by Gasteiger charge is -2.23. The van der Waals surface area contributed by atoms with Crippen LogP contribution < -0.4 is 9.80 Å². The van der Waals surface area contributed by atoms with Crippen LogP contribution in [0.15, 0.2) is 55.0 Å². The minimum atomic E-state index is 0.608. The second-order valence-corrected chi connectivity index (χ2v) is 7.04. The van der Waals surface area contributed by atoms with Gasteiger partial charge in [-0.2, -0.15) is 9.78 Å². The van der Waals surface area contributed by atoms with Crippen LogP contribution in [0.1, 0.15) is 12.0 Å². The first-order valence-corrected chi connectivity index (χ1v) is 9.81. The van der Waals surface area contributed by atoms with E-state index in [1.807, 2.05) is 30.3 Å². The van der Waals surface area contributed by atoms with Crippen LogP contribution in [0.4, 0.5) is 11.6 Å². The fourth-order valence-electron chi connectivity index (χ4n) is 3.72. The molecule has 0 saturated carbocycles. The van der Waals surface area contributed by atoms with Gasteiger partial charge >= 0.3 is 0 Å². The molecule has 4 aromatic heterocycles. The minimum absolute atomic E-state index is 0.608. The van der Waals surface area contributed by atoms with Crippen molar-refractivity contribution in [3.63, 3.8) is 0 Å². The van der Waals surface area contributed by atoms with Gasteiger partial charge in [-0.05, 0) is 42.8 Å². The molecule has 0 aliphatic carbocycles. The zero-order valence-electron chi connectivity index (χ0n) is 16.3. The molecule has 0 bridgehead atoms. The van der Waals surface area contributed by atoms with E-state index in [1.165, 1.54) is 0 Å². The second kappa shape index (κ2) is 7.75. The van der Waals surface area contributed by atoms with Gasteiger partial charge in [0.25, 0.3) is 0 Å². The van der Waals surface area contributed by atoms with Gasteiger partial charge in [-0.3, -0.25) is 4.98 Å². The Morgan fingerprint density at radius 3 is 2.57 bits per heavy atom. The zero-order valence-corrected chi connectivity index (χ0v) is 16.3. The number of nitrogens with zero attached hydrogens (tertiary/aromatic N) is 9. The van der Waals surface area contributed by atoms with Gasteiger partial charge in [0.2, 0.25) is 0 Å². The number of pyridine rings is 2. The lowest BCUT2D eigenvalue weighted by Crippen LogP contribution is -2.32. The lowest BCUT2D eigenvalue weighted by molar-refractivity contribution is 0.777. The maximum Gasteiger partial charge on any atom is 0.185 e. The Bertz CT molecular complexity index is 1210. The van der Waals surface area contributed by atoms with Crippen LogP contribution in [0.25, 0.3) is 17.0 Å². The zero-order chi connectivity index (χ0) is 20.3. The lowest BCUT2D eigenvalue weighted by atomic mass is 10.2. The van der Waals surface area contributed by atoms with Crippen molar-refractivity contribution in [3.05, 3.63) is 60.6 Å². The van der Waals surface area contributed by atoms with Gasteiger partial charge < -0.3 is 9.80 Å². The molecule has 30 heavy (non-hydrogen) atoms. The Morgan fingerprint density at radius 1 is 0.867 bits per heavy atom. The quantitative estimate of drug-likeness (QED) is 0.519. The summed E-state index contributed by atoms with van der Waals surface area (Å²) in [7, 11) is 0. The molecule has 9 nitrogen and oxygen atoms in total. The molecule has 9 heteroatoms. The average Bonchev–Trinajstić information content (AvgIpc) is 3.08. The molecule has 0 atom stereocenters. The predicted octanol–water partition coefficient (Wildman–Crippen LogP) is 2.17. The summed E-state index contributed by atoms with van der Waals surface area (Å²) in [6.45, 7) is 3.27. The molecule has 0 aromatic carbocycles. The summed E-state index contributed by atoms with van der Waals surface area (Å²) in [4.78, 5) is 12.9. The average molecular weight is 397 g/mol. The molecule has 0 spiro atoms. The number of nitriles is 1. The smallest absolute Gasteiger partial charge is 0.185 e. The predicted molar refractivity (Wildman–Crippen MR) is 112 cm³/mol. The number of fused-ring (bicyclic) bond motifs is 1. The Balaban J connectivity index is 1.42. The Labute approximate surface area is 173 Å². The summed E-state index contributed by atoms with van der Waals surface area (Å²) in [5, 5.41) is 22.7. The molecular weight excluding hydrogens is 378 g/mol. The molecule has 1 saturated heterocycles. The van der Waals surface area contributed by atoms with Gasteiger partial charge in [0.1, 0.15) is 17.7 Å². The molecule has 5 rings (SSSR count). The fourth-order valence-corrected chi connectivity index (χ4v) is 3.72. The van der Waals surface area contributed by atoms with E-state index in [0.717, 1.165) is 49.8 Å². The standard InChI is InChI=1S/C21H19N9/c22-15-17-3-1-8-24-20(17)29-12-2-11-28(13-14-29)19-5-4-18-25-26-21(30(18)27-19)16-6-9-23-10-7-16/h1,3-10H,2,11-14H2. The van der Waals surface area contributed by atoms with Crippen molar-refractivity contribution in [2.24, 2.45) is 0 Å². The number of aromatic nitrogens is 6. The summed E-state index contributed by atoms with van der Waals surface area (Å²) >= 11 is 0. The highest BCUT2D eigenvalue weighted by atomic mass is 15.4. The highest BCUT2D eigenvalue weighted by Crippen LogP contribution is 2.22. The van der Waals surface area contributed by atoms with E-state index < -0.39 is 0 Å². The van der Waals surface area contributed by atoms with E-state index in [0.29, 0.717) is 17.0 Å². The van der Waals surface area contributed by atoms with Gasteiger partial charge in [-0.15, -0.1) is 15.3 Å². The summed E-state index contributed by atoms with van der Waals surface area (Å²) in [5.74, 6) is 2.32. The van der Waals surface area contributed by atoms with Crippen molar-refractivity contribution in [2.75, 3.05) is 36.0 Å². The van der Waals surface area contributed by atoms with Gasteiger partial charge in [-0.1, -0.05) is 0 Å². The topological polar surface area (TPSA) is 99.1 Å². The molecule has 4 aromatic rings. The molecule has 1 aliphatic heterocycles. The maximum atomic E-state index is 9.39. The van der Waals surface area contributed by atoms with Crippen LogP contribution in [0.3, 0.4) is 0 Å². The maximum absolute atomic E-state index is 9.39. The Hall–Kier alpha value is -4.06. The molecule has 0 N–H and O–H groups in total. The third kappa shape index (κ3) is 3.28. The Morgan fingerprint density at radius 2 is 1.70 bits per heavy atom. The molecular formula is C21H19N9. The fraction of sp³-hybridized carbons (Fsp3) is 0.238. The first kappa shape index (κ1) is 18.0. The van der Waals surface area contributed by atoms with Crippen LogP contribution in [0, 0.1) is 11.3 Å². The van der Waals surface area contributed by atoms with Crippen LogP contribution in [0.2, 0.25) is 0 Å². The van der Waals surface area contributed by atoms with E-state index in [1.54, 1.807) is 29.2 Å². The van der Waals surface area contributed by atoms with Crippen molar-refractivity contribution < 1.29 is 0 Å². The van der Waals surface area contributed by atoms with Crippen LogP contribution in [-0.4, -0.2) is 56.0 Å². The van der Waals surface area contributed by atoms with E-state index in [-0.39, 0.29) is 0 Å². The van der Waals surface area contributed by atoms with E-state index >= 15 is 0 Å². The van der Waals surface area contributed by atoms with Gasteiger partial charge in [0.05, 0.1) is 5.56 Å². The summed E-state index contributed by atoms with van der Waals surface area (Å²) in [6.07, 6.45) is 6.15. The normalized spacial score (nSPS) is 14.5. The van der Waals surface area contributed by atoms with E-state index in [4.69, 9.17) is 5.10 Å². The summed E-state index contributed by atoms with van der Waals surface area (Å²) in [6, 6.07) is 13.6. The number of rotatable bonds is 3. The van der Waals surface area contributed by atoms with Crippen molar-refractivity contribution in [1.29, 1.82) is 5.26 Å². The van der Waals surface area contributed by atoms with Crippen molar-refractivity contribution in [3.8, 4) is 17.5 Å². The SMILES string of the molecule is N#Cc1cccnc1N1CCCN(c2ccc3nnc(-c4ccncc4)n3n2)CC1. The molecule has 148 valence electrons. The molecule has 0 unspecified atom stereocenters. The third-order valence-corrected chi connectivity index (χ3v) is 5.21. The van der Waals surface area contributed by atoms with Gasteiger partial charge in [-0.25, -0.2) is 4.98 Å². The van der Waals surface area contributed by atoms with Crippen LogP contribution >= 0.6 is 0 Å². The first-order valence-electron chi connectivity index (χ1n) is 9.81. The number of anilines is 2. The highest BCUT2D eigenvalue weighted by Gasteiger charge is 2.20. The summed E-state index contributed by atoms with van der Waals surface area (Å²) in [5.41, 5.74) is 2.23. The second-order valence-electron chi connectivity index (χ2n) is 7.04. The molecule has 0 amide bonds. The number of hydrogen-bond acceptors (Lipinski definition) is 8. The van der Waals surface area contributed by atoms with Crippen molar-refractivity contribution >= 4 is 17.3 Å². The molecule has 0 radical (unpaired) electrons. The third-order valence-electron chi connectivity index (χ3n) is 5.21. The van der Waals surface area contributed by atoms with Crippen molar-refractivity contribution in [1.82, 2.24) is 29.8 Å². The van der Waals surface area contributed by atoms with E-state index in [2.05, 4.69) is 36.0 Å². The Kier molecular flexibility index (Phi) is 4.65. The number of hydrogen-bond donors (Lipinski definition) is 0. The van der Waals surface area contributed by atoms with Gasteiger partial charge in [0.15, 0.2) is 11.5 Å². The molecule has 5 heterocycles.